The van der Waals surface area contributed by atoms with Crippen LogP contribution in [0.2, 0.25) is 0 Å². The van der Waals surface area contributed by atoms with Crippen LogP contribution in [-0.2, 0) is 31.6 Å². The molecule has 0 bridgehead atoms. The van der Waals surface area contributed by atoms with Gasteiger partial charge in [-0.1, -0.05) is 11.8 Å². The van der Waals surface area contributed by atoms with Crippen molar-refractivity contribution in [2.75, 3.05) is 13.3 Å². The maximum Gasteiger partial charge on any atom is 0.490 e. The SMILES string of the molecule is O=c1ccn([C@@H]2O[C@H](COP(=O)(O)OP(=O)(O)OP(=O)(O)O)[C@H](O)C2(F)C#CCF)c(=O)[nH]1. The van der Waals surface area contributed by atoms with E-state index in [9.17, 15) is 37.7 Å². The van der Waals surface area contributed by atoms with E-state index >= 15 is 4.39 Å². The first-order chi connectivity index (χ1) is 15.0. The smallest absolute Gasteiger partial charge is 0.386 e. The fraction of sp³-hybridized carbons (Fsp3) is 0.500. The van der Waals surface area contributed by atoms with Crippen LogP contribution < -0.4 is 11.2 Å². The summed E-state index contributed by atoms with van der Waals surface area (Å²) in [4.78, 5) is 60.5. The molecule has 0 aromatic carbocycles. The number of halogens is 2. The molecule has 33 heavy (non-hydrogen) atoms. The number of ether oxygens (including phenoxy) is 1. The standard InChI is InChI=1S/C12H15F2N2O14P3/c13-4-1-3-12(14)9(18)7(28-10(12)16-5-2-8(17)15-11(16)19)6-27-32(23,24)30-33(25,26)29-31(20,21)22/h2,5,7,9-10,18H,4,6H2,(H,23,24)(H,25,26)(H,15,17,19)(H2,20,21,22)/t7-,9+,10-,12?/m1/s1. The molecule has 21 heteroatoms. The van der Waals surface area contributed by atoms with Crippen molar-refractivity contribution < 1.29 is 65.0 Å². The lowest BCUT2D eigenvalue weighted by atomic mass is 9.96. The third kappa shape index (κ3) is 7.20. The molecular formula is C12H15F2N2O14P3. The van der Waals surface area contributed by atoms with Crippen LogP contribution in [0.1, 0.15) is 6.23 Å². The lowest BCUT2D eigenvalue weighted by Crippen LogP contribution is -2.45. The van der Waals surface area contributed by atoms with E-state index in [1.807, 2.05) is 0 Å². The fourth-order valence-corrected chi connectivity index (χ4v) is 5.57. The van der Waals surface area contributed by atoms with Crippen LogP contribution in [0.15, 0.2) is 21.9 Å². The highest BCUT2D eigenvalue weighted by Crippen LogP contribution is 2.66. The van der Waals surface area contributed by atoms with Gasteiger partial charge in [0.05, 0.1) is 6.61 Å². The Kier molecular flexibility index (Phi) is 8.36. The summed E-state index contributed by atoms with van der Waals surface area (Å²) in [5.74, 6) is 3.40. The molecule has 1 aromatic rings. The first-order valence-electron chi connectivity index (χ1n) is 8.18. The summed E-state index contributed by atoms with van der Waals surface area (Å²) in [7, 11) is -17.1. The normalized spacial score (nSPS) is 29.0. The van der Waals surface area contributed by atoms with Gasteiger partial charge >= 0.3 is 29.2 Å². The first kappa shape index (κ1) is 27.7. The van der Waals surface area contributed by atoms with E-state index in [0.29, 0.717) is 4.57 Å². The Morgan fingerprint density at radius 3 is 2.36 bits per heavy atom. The van der Waals surface area contributed by atoms with Crippen molar-refractivity contribution in [2.45, 2.75) is 24.1 Å². The third-order valence-corrected chi connectivity index (χ3v) is 7.52. The number of alkyl halides is 2. The number of nitrogens with zero attached hydrogens (tertiary/aromatic N) is 1. The highest BCUT2D eigenvalue weighted by molar-refractivity contribution is 7.66. The van der Waals surface area contributed by atoms with E-state index in [1.165, 1.54) is 0 Å². The molecule has 0 spiro atoms. The fourth-order valence-electron chi connectivity index (χ4n) is 2.54. The number of nitrogens with one attached hydrogen (secondary N) is 1. The van der Waals surface area contributed by atoms with Gasteiger partial charge < -0.3 is 29.4 Å². The van der Waals surface area contributed by atoms with Gasteiger partial charge in [0.2, 0.25) is 5.67 Å². The molecule has 1 fully saturated rings. The van der Waals surface area contributed by atoms with Crippen LogP contribution in [0.3, 0.4) is 0 Å². The predicted molar refractivity (Wildman–Crippen MR) is 98.6 cm³/mol. The molecule has 1 aliphatic heterocycles. The Hall–Kier alpha value is -1.57. The summed E-state index contributed by atoms with van der Waals surface area (Å²) in [6.45, 7) is -2.67. The summed E-state index contributed by atoms with van der Waals surface area (Å²) in [6.07, 6.45) is -5.70. The zero-order chi connectivity index (χ0) is 25.2. The molecule has 1 aromatic heterocycles. The van der Waals surface area contributed by atoms with Gasteiger partial charge in [-0.15, -0.1) is 0 Å². The maximum atomic E-state index is 15.5. The van der Waals surface area contributed by atoms with Crippen LogP contribution in [-0.4, -0.2) is 65.4 Å². The number of hydrogen-bond donors (Lipinski definition) is 6. The van der Waals surface area contributed by atoms with Gasteiger partial charge in [0.25, 0.3) is 5.56 Å². The molecular weight excluding hydrogens is 527 g/mol. The van der Waals surface area contributed by atoms with Crippen LogP contribution in [0.4, 0.5) is 8.78 Å². The molecule has 0 saturated carbocycles. The Morgan fingerprint density at radius 2 is 1.82 bits per heavy atom. The Bertz CT molecular complexity index is 1200. The van der Waals surface area contributed by atoms with Gasteiger partial charge in [-0.2, -0.15) is 8.62 Å². The van der Waals surface area contributed by atoms with Crippen molar-refractivity contribution in [3.63, 3.8) is 0 Å². The highest BCUT2D eigenvalue weighted by Gasteiger charge is 2.58. The molecule has 1 saturated heterocycles. The Labute approximate surface area is 181 Å². The molecule has 0 radical (unpaired) electrons. The number of phosphoric acid groups is 3. The zero-order valence-corrected chi connectivity index (χ0v) is 18.4. The second-order valence-corrected chi connectivity index (χ2v) is 10.5. The van der Waals surface area contributed by atoms with E-state index < -0.39 is 72.1 Å². The molecule has 186 valence electrons. The largest absolute Gasteiger partial charge is 0.490 e. The third-order valence-electron chi connectivity index (χ3n) is 3.71. The van der Waals surface area contributed by atoms with Crippen molar-refractivity contribution >= 4 is 23.5 Å². The van der Waals surface area contributed by atoms with Gasteiger partial charge in [0.1, 0.15) is 18.9 Å². The van der Waals surface area contributed by atoms with Gasteiger partial charge in [-0.05, 0) is 0 Å². The van der Waals surface area contributed by atoms with Gasteiger partial charge in [0.15, 0.2) is 6.23 Å². The van der Waals surface area contributed by atoms with E-state index in [2.05, 4.69) is 13.1 Å². The number of hydrogen-bond acceptors (Lipinski definition) is 10. The molecule has 6 N–H and O–H groups in total. The second kappa shape index (κ2) is 9.96. The summed E-state index contributed by atoms with van der Waals surface area (Å²) in [5.41, 5.74) is -5.33. The topological polar surface area (TPSA) is 244 Å². The summed E-state index contributed by atoms with van der Waals surface area (Å²) < 4.78 is 78.4. The average molecular weight is 542 g/mol. The molecule has 0 aliphatic carbocycles. The second-order valence-electron chi connectivity index (χ2n) is 6.08. The number of aromatic amines is 1. The number of phosphoric ester groups is 1. The Balaban J connectivity index is 2.26. The summed E-state index contributed by atoms with van der Waals surface area (Å²) in [6, 6.07) is 0.777. The van der Waals surface area contributed by atoms with Crippen molar-refractivity contribution in [1.82, 2.24) is 9.55 Å². The molecule has 2 heterocycles. The van der Waals surface area contributed by atoms with Crippen molar-refractivity contribution in [1.29, 1.82) is 0 Å². The van der Waals surface area contributed by atoms with Gasteiger partial charge in [-0.25, -0.2) is 27.3 Å². The van der Waals surface area contributed by atoms with Crippen molar-refractivity contribution in [2.24, 2.45) is 0 Å². The van der Waals surface area contributed by atoms with E-state index in [-0.39, 0.29) is 0 Å². The van der Waals surface area contributed by atoms with E-state index in [1.54, 1.807) is 16.8 Å². The molecule has 1 aliphatic rings. The summed E-state index contributed by atoms with van der Waals surface area (Å²) >= 11 is 0. The van der Waals surface area contributed by atoms with Crippen LogP contribution in [0, 0.1) is 11.8 Å². The zero-order valence-electron chi connectivity index (χ0n) is 15.8. The number of aromatic nitrogens is 2. The minimum atomic E-state index is -5.85. The summed E-state index contributed by atoms with van der Waals surface area (Å²) in [5, 5.41) is 10.3. The minimum absolute atomic E-state index is 0.433. The number of H-pyrrole nitrogens is 1. The lowest BCUT2D eigenvalue weighted by Gasteiger charge is -2.23. The quantitative estimate of drug-likeness (QED) is 0.167. The van der Waals surface area contributed by atoms with Crippen LogP contribution in [0.5, 0.6) is 0 Å². The van der Waals surface area contributed by atoms with E-state index in [4.69, 9.17) is 19.4 Å². The molecule has 16 nitrogen and oxygen atoms in total. The minimum Gasteiger partial charge on any atom is -0.386 e. The first-order valence-corrected chi connectivity index (χ1v) is 12.7. The average Bonchev–Trinajstić information content (AvgIpc) is 2.87. The Morgan fingerprint density at radius 1 is 1.18 bits per heavy atom. The van der Waals surface area contributed by atoms with E-state index in [0.717, 1.165) is 12.3 Å². The van der Waals surface area contributed by atoms with Crippen molar-refractivity contribution in [3.8, 4) is 11.8 Å². The number of aliphatic hydroxyl groups excluding tert-OH is 1. The predicted octanol–water partition coefficient (Wildman–Crippen LogP) is -1.18. The van der Waals surface area contributed by atoms with Crippen LogP contribution in [0.25, 0.3) is 0 Å². The number of rotatable bonds is 8. The van der Waals surface area contributed by atoms with Crippen molar-refractivity contribution in [3.05, 3.63) is 33.1 Å². The molecule has 6 atom stereocenters. The number of aliphatic hydroxyl groups is 1. The highest BCUT2D eigenvalue weighted by atomic mass is 31.3. The maximum absolute atomic E-state index is 15.5. The van der Waals surface area contributed by atoms with Crippen LogP contribution >= 0.6 is 23.5 Å². The van der Waals surface area contributed by atoms with Gasteiger partial charge in [-0.3, -0.25) is 18.9 Å². The lowest BCUT2D eigenvalue weighted by molar-refractivity contribution is -0.0535. The molecule has 3 unspecified atom stereocenters. The molecule has 0 amide bonds. The monoisotopic (exact) mass is 542 g/mol. The van der Waals surface area contributed by atoms with Gasteiger partial charge in [0, 0.05) is 12.3 Å². The molecule has 2 rings (SSSR count).